The second-order valence-electron chi connectivity index (χ2n) is 2.52. The molecular weight excluding hydrogens is 148 g/mol. The minimum atomic E-state index is -0.507. The highest BCUT2D eigenvalue weighted by atomic mass is 16.5. The van der Waals surface area contributed by atoms with E-state index in [1.54, 1.807) is 0 Å². The SMILES string of the molecule is O=C(CC1CCNC1=O)NO. The topological polar surface area (TPSA) is 78.4 Å². The standard InChI is InChI=1S/C6H10N2O3/c9-5(8-11)3-4-1-2-7-6(4)10/h4,11H,1-3H2,(H,7,10)(H,8,9). The van der Waals surface area contributed by atoms with Crippen LogP contribution in [0.15, 0.2) is 0 Å². The molecule has 0 spiro atoms. The van der Waals surface area contributed by atoms with Gasteiger partial charge >= 0.3 is 0 Å². The van der Waals surface area contributed by atoms with Crippen LogP contribution >= 0.6 is 0 Å². The van der Waals surface area contributed by atoms with E-state index < -0.39 is 5.91 Å². The van der Waals surface area contributed by atoms with Crippen molar-refractivity contribution >= 4 is 11.8 Å². The van der Waals surface area contributed by atoms with Crippen LogP contribution in [0.5, 0.6) is 0 Å². The van der Waals surface area contributed by atoms with Gasteiger partial charge in [0, 0.05) is 18.9 Å². The molecule has 1 saturated heterocycles. The zero-order valence-electron chi connectivity index (χ0n) is 5.96. The van der Waals surface area contributed by atoms with Crippen LogP contribution < -0.4 is 10.8 Å². The van der Waals surface area contributed by atoms with E-state index in [-0.39, 0.29) is 18.2 Å². The van der Waals surface area contributed by atoms with Crippen LogP contribution in [0.1, 0.15) is 12.8 Å². The summed E-state index contributed by atoms with van der Waals surface area (Å²) in [6, 6.07) is 0. The number of hydrogen-bond donors (Lipinski definition) is 3. The van der Waals surface area contributed by atoms with E-state index in [9.17, 15) is 9.59 Å². The molecule has 0 aliphatic carbocycles. The highest BCUT2D eigenvalue weighted by Crippen LogP contribution is 2.12. The molecule has 0 aromatic rings. The van der Waals surface area contributed by atoms with Gasteiger partial charge in [-0.1, -0.05) is 0 Å². The summed E-state index contributed by atoms with van der Waals surface area (Å²) >= 11 is 0. The fourth-order valence-corrected chi connectivity index (χ4v) is 1.11. The third-order valence-electron chi connectivity index (χ3n) is 1.72. The van der Waals surface area contributed by atoms with Gasteiger partial charge in [-0.2, -0.15) is 0 Å². The highest BCUT2D eigenvalue weighted by molar-refractivity contribution is 5.86. The van der Waals surface area contributed by atoms with Gasteiger partial charge in [0.1, 0.15) is 0 Å². The van der Waals surface area contributed by atoms with E-state index in [4.69, 9.17) is 5.21 Å². The zero-order valence-corrected chi connectivity index (χ0v) is 5.96. The second-order valence-corrected chi connectivity index (χ2v) is 2.52. The van der Waals surface area contributed by atoms with Gasteiger partial charge < -0.3 is 5.32 Å². The van der Waals surface area contributed by atoms with E-state index in [0.717, 1.165) is 0 Å². The summed E-state index contributed by atoms with van der Waals surface area (Å²) in [7, 11) is 0. The number of carbonyl (C=O) groups excluding carboxylic acids is 2. The first-order valence-corrected chi connectivity index (χ1v) is 3.44. The van der Waals surface area contributed by atoms with Gasteiger partial charge in [0.25, 0.3) is 0 Å². The minimum Gasteiger partial charge on any atom is -0.356 e. The Morgan fingerprint density at radius 1 is 1.82 bits per heavy atom. The quantitative estimate of drug-likeness (QED) is 0.357. The largest absolute Gasteiger partial charge is 0.356 e. The first-order chi connectivity index (χ1) is 5.24. The molecule has 0 aromatic carbocycles. The molecule has 1 heterocycles. The van der Waals surface area contributed by atoms with Crippen LogP contribution in [0.25, 0.3) is 0 Å². The van der Waals surface area contributed by atoms with Gasteiger partial charge in [0.15, 0.2) is 0 Å². The summed E-state index contributed by atoms with van der Waals surface area (Å²) in [6.45, 7) is 0.627. The van der Waals surface area contributed by atoms with E-state index >= 15 is 0 Å². The van der Waals surface area contributed by atoms with Crippen LogP contribution in [0.3, 0.4) is 0 Å². The summed E-state index contributed by atoms with van der Waals surface area (Å²) < 4.78 is 0. The zero-order chi connectivity index (χ0) is 8.27. The fraction of sp³-hybridized carbons (Fsp3) is 0.667. The maximum atomic E-state index is 10.9. The Morgan fingerprint density at radius 2 is 2.55 bits per heavy atom. The summed E-state index contributed by atoms with van der Waals surface area (Å²) in [5.74, 6) is -0.872. The average molecular weight is 158 g/mol. The molecule has 5 nitrogen and oxygen atoms in total. The van der Waals surface area contributed by atoms with Crippen molar-refractivity contribution in [2.45, 2.75) is 12.8 Å². The molecule has 0 radical (unpaired) electrons. The van der Waals surface area contributed by atoms with Crippen molar-refractivity contribution < 1.29 is 14.8 Å². The molecule has 1 aliphatic heterocycles. The maximum absolute atomic E-state index is 10.9. The number of carbonyl (C=O) groups is 2. The average Bonchev–Trinajstić information content (AvgIpc) is 2.37. The Morgan fingerprint density at radius 3 is 3.00 bits per heavy atom. The Hall–Kier alpha value is -1.10. The van der Waals surface area contributed by atoms with Crippen molar-refractivity contribution in [2.24, 2.45) is 5.92 Å². The minimum absolute atomic E-state index is 0.0718. The van der Waals surface area contributed by atoms with Crippen LogP contribution in [0.2, 0.25) is 0 Å². The Bertz CT molecular complexity index is 181. The Balaban J connectivity index is 2.36. The number of amides is 2. The predicted octanol–water partition coefficient (Wildman–Crippen LogP) is -0.982. The fourth-order valence-electron chi connectivity index (χ4n) is 1.11. The lowest BCUT2D eigenvalue weighted by molar-refractivity contribution is -0.133. The van der Waals surface area contributed by atoms with E-state index in [1.807, 2.05) is 0 Å². The first-order valence-electron chi connectivity index (χ1n) is 3.44. The van der Waals surface area contributed by atoms with Gasteiger partial charge in [-0.15, -0.1) is 0 Å². The molecule has 0 aromatic heterocycles. The Labute approximate surface area is 63.7 Å². The molecule has 11 heavy (non-hydrogen) atoms. The molecule has 1 rings (SSSR count). The van der Waals surface area contributed by atoms with Gasteiger partial charge in [-0.25, -0.2) is 5.48 Å². The summed E-state index contributed by atoms with van der Waals surface area (Å²) in [5, 5.41) is 10.7. The Kier molecular flexibility index (Phi) is 2.43. The predicted molar refractivity (Wildman–Crippen MR) is 35.7 cm³/mol. The molecule has 1 aliphatic rings. The molecule has 2 amide bonds. The van der Waals surface area contributed by atoms with Crippen molar-refractivity contribution in [3.05, 3.63) is 0 Å². The van der Waals surface area contributed by atoms with E-state index in [2.05, 4.69) is 5.32 Å². The summed E-state index contributed by atoms with van der Waals surface area (Å²) in [5.41, 5.74) is 1.49. The van der Waals surface area contributed by atoms with Crippen molar-refractivity contribution in [3.63, 3.8) is 0 Å². The van der Waals surface area contributed by atoms with Gasteiger partial charge in [0.2, 0.25) is 11.8 Å². The molecule has 62 valence electrons. The summed E-state index contributed by atoms with van der Waals surface area (Å²) in [6.07, 6.45) is 0.745. The molecule has 1 unspecified atom stereocenters. The number of hydroxylamine groups is 1. The molecular formula is C6H10N2O3. The molecule has 0 saturated carbocycles. The monoisotopic (exact) mass is 158 g/mol. The van der Waals surface area contributed by atoms with Crippen LogP contribution in [0, 0.1) is 5.92 Å². The maximum Gasteiger partial charge on any atom is 0.244 e. The van der Waals surface area contributed by atoms with Crippen molar-refractivity contribution in [2.75, 3.05) is 6.54 Å². The lowest BCUT2D eigenvalue weighted by atomic mass is 10.0. The lowest BCUT2D eigenvalue weighted by Crippen LogP contribution is -2.26. The molecule has 3 N–H and O–H groups in total. The van der Waals surface area contributed by atoms with Crippen molar-refractivity contribution in [1.82, 2.24) is 10.8 Å². The van der Waals surface area contributed by atoms with Gasteiger partial charge in [0.05, 0.1) is 0 Å². The molecule has 1 atom stereocenters. The highest BCUT2D eigenvalue weighted by Gasteiger charge is 2.25. The van der Waals surface area contributed by atoms with E-state index in [1.165, 1.54) is 5.48 Å². The van der Waals surface area contributed by atoms with Gasteiger partial charge in [-0.05, 0) is 6.42 Å². The number of nitrogens with one attached hydrogen (secondary N) is 2. The smallest absolute Gasteiger partial charge is 0.244 e. The van der Waals surface area contributed by atoms with Gasteiger partial charge in [-0.3, -0.25) is 14.8 Å². The molecule has 1 fully saturated rings. The first kappa shape index (κ1) is 8.00. The van der Waals surface area contributed by atoms with Crippen LogP contribution in [0.4, 0.5) is 0 Å². The second kappa shape index (κ2) is 3.34. The summed E-state index contributed by atoms with van der Waals surface area (Å²) in [4.78, 5) is 21.4. The molecule has 5 heteroatoms. The lowest BCUT2D eigenvalue weighted by Gasteiger charge is -2.02. The van der Waals surface area contributed by atoms with E-state index in [0.29, 0.717) is 13.0 Å². The van der Waals surface area contributed by atoms with Crippen LogP contribution in [-0.2, 0) is 9.59 Å². The third-order valence-corrected chi connectivity index (χ3v) is 1.72. The van der Waals surface area contributed by atoms with Crippen molar-refractivity contribution in [3.8, 4) is 0 Å². The third kappa shape index (κ3) is 1.91. The van der Waals surface area contributed by atoms with Crippen molar-refractivity contribution in [1.29, 1.82) is 0 Å². The normalized spacial score (nSPS) is 23.0. The molecule has 0 bridgehead atoms. The number of rotatable bonds is 2. The van der Waals surface area contributed by atoms with Crippen LogP contribution in [-0.4, -0.2) is 23.6 Å². The number of hydrogen-bond acceptors (Lipinski definition) is 3.